The van der Waals surface area contributed by atoms with Crippen molar-refractivity contribution < 1.29 is 27.4 Å². The number of nitrogens with zero attached hydrogens (tertiary/aromatic N) is 2. The Kier molecular flexibility index (Phi) is 4.76. The van der Waals surface area contributed by atoms with E-state index in [-0.39, 0.29) is 28.5 Å². The zero-order valence-corrected chi connectivity index (χ0v) is 12.9. The van der Waals surface area contributed by atoms with E-state index in [1.165, 1.54) is 24.4 Å². The molecule has 10 heteroatoms. The van der Waals surface area contributed by atoms with Gasteiger partial charge in [-0.3, -0.25) is 9.20 Å². The molecule has 6 nitrogen and oxygen atoms in total. The minimum absolute atomic E-state index is 0.0436. The lowest BCUT2D eigenvalue weighted by Crippen LogP contribution is -2.22. The number of rotatable bonds is 5. The van der Waals surface area contributed by atoms with E-state index in [1.54, 1.807) is 0 Å². The molecule has 3 aromatic rings. The summed E-state index contributed by atoms with van der Waals surface area (Å²) in [4.78, 5) is 16.5. The second-order valence-electron chi connectivity index (χ2n) is 5.10. The molecule has 0 aliphatic carbocycles. The summed E-state index contributed by atoms with van der Waals surface area (Å²) in [7, 11) is 0. The number of aliphatic hydroxyl groups excluding tert-OH is 1. The van der Waals surface area contributed by atoms with Gasteiger partial charge < -0.3 is 15.2 Å². The Morgan fingerprint density at radius 3 is 2.65 bits per heavy atom. The Morgan fingerprint density at radius 2 is 2.00 bits per heavy atom. The summed E-state index contributed by atoms with van der Waals surface area (Å²) in [6.45, 7) is -3.86. The van der Waals surface area contributed by atoms with Gasteiger partial charge in [0.1, 0.15) is 5.82 Å². The van der Waals surface area contributed by atoms with Crippen molar-refractivity contribution in [1.29, 1.82) is 0 Å². The van der Waals surface area contributed by atoms with E-state index in [0.717, 1.165) is 16.5 Å². The van der Waals surface area contributed by atoms with E-state index >= 15 is 0 Å². The number of hydrogen-bond donors (Lipinski definition) is 2. The lowest BCUT2D eigenvalue weighted by molar-refractivity contribution is -0.0491. The zero-order valence-electron chi connectivity index (χ0n) is 12.9. The SMILES string of the molecule is O=c1c(CO)c(Nc2ccc(F)c(F)c2)nc2c(OC(F)F)cccn12. The van der Waals surface area contributed by atoms with Gasteiger partial charge in [0, 0.05) is 18.0 Å². The van der Waals surface area contributed by atoms with Gasteiger partial charge in [-0.05, 0) is 24.3 Å². The van der Waals surface area contributed by atoms with Crippen LogP contribution in [0.2, 0.25) is 0 Å². The average molecular weight is 369 g/mol. The third-order valence-corrected chi connectivity index (χ3v) is 3.47. The number of aromatic nitrogens is 2. The molecule has 0 spiro atoms. The summed E-state index contributed by atoms with van der Waals surface area (Å²) >= 11 is 0. The van der Waals surface area contributed by atoms with Crippen LogP contribution < -0.4 is 15.6 Å². The number of pyridine rings is 1. The highest BCUT2D eigenvalue weighted by Crippen LogP contribution is 2.24. The van der Waals surface area contributed by atoms with Crippen molar-refractivity contribution in [3.63, 3.8) is 0 Å². The van der Waals surface area contributed by atoms with Crippen LogP contribution in [0.3, 0.4) is 0 Å². The first kappa shape index (κ1) is 17.7. The normalized spacial score (nSPS) is 11.2. The van der Waals surface area contributed by atoms with Crippen LogP contribution >= 0.6 is 0 Å². The van der Waals surface area contributed by atoms with Crippen molar-refractivity contribution in [2.45, 2.75) is 13.2 Å². The number of benzene rings is 1. The zero-order chi connectivity index (χ0) is 18.8. The molecule has 136 valence electrons. The molecular formula is C16H11F4N3O3. The summed E-state index contributed by atoms with van der Waals surface area (Å²) in [6.07, 6.45) is 1.27. The molecule has 0 fully saturated rings. The quantitative estimate of drug-likeness (QED) is 0.677. The minimum atomic E-state index is -3.14. The predicted octanol–water partition coefficient (Wildman–Crippen LogP) is 2.81. The van der Waals surface area contributed by atoms with Gasteiger partial charge in [0.25, 0.3) is 5.56 Å². The summed E-state index contributed by atoms with van der Waals surface area (Å²) in [5, 5.41) is 12.0. The van der Waals surface area contributed by atoms with E-state index in [4.69, 9.17) is 0 Å². The standard InChI is InChI=1S/C16H11F4N3O3/c17-10-4-3-8(6-11(10)18)21-13-9(7-24)15(25)23-5-1-2-12(14(23)22-13)26-16(19)20/h1-6,16,21,24H,7H2. The van der Waals surface area contributed by atoms with Crippen molar-refractivity contribution >= 4 is 17.2 Å². The van der Waals surface area contributed by atoms with Crippen LogP contribution in [0.5, 0.6) is 5.75 Å². The van der Waals surface area contributed by atoms with E-state index in [0.29, 0.717) is 0 Å². The predicted molar refractivity (Wildman–Crippen MR) is 83.7 cm³/mol. The van der Waals surface area contributed by atoms with E-state index in [1.807, 2.05) is 0 Å². The van der Waals surface area contributed by atoms with E-state index in [9.17, 15) is 27.5 Å². The third-order valence-electron chi connectivity index (χ3n) is 3.47. The van der Waals surface area contributed by atoms with Gasteiger partial charge in [0.05, 0.1) is 12.2 Å². The molecule has 0 aliphatic heterocycles. The molecule has 2 heterocycles. The van der Waals surface area contributed by atoms with Gasteiger partial charge in [-0.2, -0.15) is 8.78 Å². The van der Waals surface area contributed by atoms with Gasteiger partial charge in [0.15, 0.2) is 23.0 Å². The first-order valence-corrected chi connectivity index (χ1v) is 7.22. The molecule has 0 saturated heterocycles. The smallest absolute Gasteiger partial charge is 0.387 e. The molecular weight excluding hydrogens is 358 g/mol. The Balaban J connectivity index is 2.17. The molecule has 0 radical (unpaired) electrons. The van der Waals surface area contributed by atoms with E-state index < -0.39 is 30.4 Å². The highest BCUT2D eigenvalue weighted by atomic mass is 19.3. The highest BCUT2D eigenvalue weighted by molar-refractivity contribution is 5.64. The van der Waals surface area contributed by atoms with Crippen LogP contribution in [-0.4, -0.2) is 21.1 Å². The molecule has 0 aliphatic rings. The summed E-state index contributed by atoms with van der Waals surface area (Å²) in [5.74, 6) is -2.77. The number of ether oxygens (including phenoxy) is 1. The molecule has 0 atom stereocenters. The first-order chi connectivity index (χ1) is 12.4. The largest absolute Gasteiger partial charge is 0.431 e. The fourth-order valence-corrected chi connectivity index (χ4v) is 2.32. The van der Waals surface area contributed by atoms with Crippen molar-refractivity contribution in [2.24, 2.45) is 0 Å². The van der Waals surface area contributed by atoms with Crippen LogP contribution in [-0.2, 0) is 6.61 Å². The molecule has 0 amide bonds. The Bertz CT molecular complexity index is 1020. The van der Waals surface area contributed by atoms with Gasteiger partial charge in [-0.15, -0.1) is 0 Å². The molecule has 2 N–H and O–H groups in total. The van der Waals surface area contributed by atoms with Crippen LogP contribution in [0.15, 0.2) is 41.3 Å². The molecule has 0 saturated carbocycles. The topological polar surface area (TPSA) is 75.9 Å². The molecule has 1 aromatic carbocycles. The molecule has 0 unspecified atom stereocenters. The number of fused-ring (bicyclic) bond motifs is 1. The molecule has 3 rings (SSSR count). The average Bonchev–Trinajstić information content (AvgIpc) is 2.59. The van der Waals surface area contributed by atoms with E-state index in [2.05, 4.69) is 15.0 Å². The number of hydrogen-bond acceptors (Lipinski definition) is 5. The van der Waals surface area contributed by atoms with Gasteiger partial charge >= 0.3 is 6.61 Å². The Labute approximate surface area is 143 Å². The van der Waals surface area contributed by atoms with Crippen LogP contribution in [0.4, 0.5) is 29.1 Å². The molecule has 26 heavy (non-hydrogen) atoms. The van der Waals surface area contributed by atoms with Crippen molar-refractivity contribution in [3.8, 4) is 5.75 Å². The lowest BCUT2D eigenvalue weighted by Gasteiger charge is -2.13. The van der Waals surface area contributed by atoms with Crippen molar-refractivity contribution in [2.75, 3.05) is 5.32 Å². The summed E-state index contributed by atoms with van der Waals surface area (Å²) < 4.78 is 56.8. The van der Waals surface area contributed by atoms with Crippen LogP contribution in [0.25, 0.3) is 5.65 Å². The van der Waals surface area contributed by atoms with Crippen LogP contribution in [0, 0.1) is 11.6 Å². The van der Waals surface area contributed by atoms with Crippen molar-refractivity contribution in [1.82, 2.24) is 9.38 Å². The van der Waals surface area contributed by atoms with Gasteiger partial charge in [-0.25, -0.2) is 13.8 Å². The second-order valence-corrected chi connectivity index (χ2v) is 5.10. The fraction of sp³-hybridized carbons (Fsp3) is 0.125. The number of nitrogens with one attached hydrogen (secondary N) is 1. The number of anilines is 2. The Morgan fingerprint density at radius 1 is 1.23 bits per heavy atom. The lowest BCUT2D eigenvalue weighted by atomic mass is 10.2. The molecule has 2 aromatic heterocycles. The van der Waals surface area contributed by atoms with Gasteiger partial charge in [-0.1, -0.05) is 0 Å². The third kappa shape index (κ3) is 3.31. The fourth-order valence-electron chi connectivity index (χ4n) is 2.32. The number of halogens is 4. The summed E-state index contributed by atoms with van der Waals surface area (Å²) in [5.41, 5.74) is -1.12. The monoisotopic (exact) mass is 369 g/mol. The highest BCUT2D eigenvalue weighted by Gasteiger charge is 2.17. The summed E-state index contributed by atoms with van der Waals surface area (Å²) in [6, 6.07) is 5.35. The van der Waals surface area contributed by atoms with Crippen molar-refractivity contribution in [3.05, 3.63) is 64.1 Å². The van der Waals surface area contributed by atoms with Crippen LogP contribution in [0.1, 0.15) is 5.56 Å². The maximum absolute atomic E-state index is 13.4. The number of aliphatic hydroxyl groups is 1. The number of alkyl halides is 2. The molecule has 0 bridgehead atoms. The second kappa shape index (κ2) is 7.00. The first-order valence-electron chi connectivity index (χ1n) is 7.22. The Hall–Kier alpha value is -3.14. The van der Waals surface area contributed by atoms with Gasteiger partial charge in [0.2, 0.25) is 0 Å². The maximum Gasteiger partial charge on any atom is 0.387 e. The maximum atomic E-state index is 13.4. The minimum Gasteiger partial charge on any atom is -0.431 e.